The van der Waals surface area contributed by atoms with Gasteiger partial charge in [-0.05, 0) is 61.7 Å². The highest BCUT2D eigenvalue weighted by Crippen LogP contribution is 2.37. The van der Waals surface area contributed by atoms with E-state index in [9.17, 15) is 0 Å². The molecule has 1 aliphatic rings. The van der Waals surface area contributed by atoms with Gasteiger partial charge in [0.15, 0.2) is 5.82 Å². The Kier molecular flexibility index (Phi) is 4.69. The Morgan fingerprint density at radius 3 is 2.65 bits per heavy atom. The predicted molar refractivity (Wildman–Crippen MR) is 91.9 cm³/mol. The molecule has 124 valence electrons. The summed E-state index contributed by atoms with van der Waals surface area (Å²) < 4.78 is 1.86. The van der Waals surface area contributed by atoms with Gasteiger partial charge in [0.05, 0.1) is 11.2 Å². The minimum absolute atomic E-state index is 0.162. The van der Waals surface area contributed by atoms with Gasteiger partial charge in [-0.2, -0.15) is 4.68 Å². The maximum Gasteiger partial charge on any atom is 0.176 e. The van der Waals surface area contributed by atoms with Crippen LogP contribution in [0.3, 0.4) is 0 Å². The maximum atomic E-state index is 6.29. The molecule has 0 unspecified atom stereocenters. The van der Waals surface area contributed by atoms with Crippen molar-refractivity contribution in [1.82, 2.24) is 25.5 Å². The number of rotatable bonds is 4. The van der Waals surface area contributed by atoms with Crippen molar-refractivity contribution in [2.75, 3.05) is 0 Å². The molecule has 0 aliphatic heterocycles. The Bertz CT molecular complexity index is 673. The van der Waals surface area contributed by atoms with E-state index in [-0.39, 0.29) is 5.54 Å². The molecule has 23 heavy (non-hydrogen) atoms. The van der Waals surface area contributed by atoms with Gasteiger partial charge in [-0.15, -0.1) is 5.10 Å². The highest BCUT2D eigenvalue weighted by atomic mass is 35.5. The maximum absolute atomic E-state index is 6.29. The van der Waals surface area contributed by atoms with Gasteiger partial charge in [0.2, 0.25) is 0 Å². The molecule has 1 aliphatic carbocycles. The van der Waals surface area contributed by atoms with Crippen molar-refractivity contribution in [2.45, 2.75) is 64.5 Å². The lowest BCUT2D eigenvalue weighted by Gasteiger charge is -2.38. The summed E-state index contributed by atoms with van der Waals surface area (Å²) in [4.78, 5) is 0. The van der Waals surface area contributed by atoms with Crippen LogP contribution in [-0.4, -0.2) is 26.2 Å². The standard InChI is InChI=1S/C17H24ClN5/c1-12(2)19-17(10-5-4-6-11-17)16-20-21-22-23(16)15-9-7-8-14(18)13(15)3/h7-9,12,19H,4-6,10-11H2,1-3H3. The highest BCUT2D eigenvalue weighted by molar-refractivity contribution is 6.31. The monoisotopic (exact) mass is 333 g/mol. The zero-order valence-electron chi connectivity index (χ0n) is 14.0. The Labute approximate surface area is 142 Å². The minimum Gasteiger partial charge on any atom is -0.302 e. The van der Waals surface area contributed by atoms with E-state index >= 15 is 0 Å². The Balaban J connectivity index is 2.09. The van der Waals surface area contributed by atoms with Gasteiger partial charge in [0.1, 0.15) is 0 Å². The third kappa shape index (κ3) is 3.12. The first kappa shape index (κ1) is 16.4. The summed E-state index contributed by atoms with van der Waals surface area (Å²) in [6.07, 6.45) is 5.79. The lowest BCUT2D eigenvalue weighted by Crippen LogP contribution is -2.49. The average Bonchev–Trinajstić information content (AvgIpc) is 3.00. The lowest BCUT2D eigenvalue weighted by molar-refractivity contribution is 0.201. The molecular formula is C17H24ClN5. The summed E-state index contributed by atoms with van der Waals surface area (Å²) in [7, 11) is 0. The van der Waals surface area contributed by atoms with E-state index in [2.05, 4.69) is 34.7 Å². The van der Waals surface area contributed by atoms with E-state index in [1.165, 1.54) is 19.3 Å². The van der Waals surface area contributed by atoms with E-state index in [0.29, 0.717) is 6.04 Å². The molecule has 0 radical (unpaired) electrons. The topological polar surface area (TPSA) is 55.6 Å². The molecule has 1 heterocycles. The summed E-state index contributed by atoms with van der Waals surface area (Å²) in [6, 6.07) is 6.23. The van der Waals surface area contributed by atoms with Crippen molar-refractivity contribution >= 4 is 11.6 Å². The molecule has 1 saturated carbocycles. The van der Waals surface area contributed by atoms with Crippen LogP contribution in [0.25, 0.3) is 5.69 Å². The minimum atomic E-state index is -0.162. The second-order valence-corrected chi connectivity index (χ2v) is 7.15. The van der Waals surface area contributed by atoms with Crippen LogP contribution in [0.2, 0.25) is 5.02 Å². The fourth-order valence-electron chi connectivity index (χ4n) is 3.61. The van der Waals surface area contributed by atoms with Crippen LogP contribution in [0.4, 0.5) is 0 Å². The quantitative estimate of drug-likeness (QED) is 0.925. The van der Waals surface area contributed by atoms with Crippen molar-refractivity contribution in [1.29, 1.82) is 0 Å². The molecule has 6 heteroatoms. The predicted octanol–water partition coefficient (Wildman–Crippen LogP) is 3.78. The number of nitrogens with one attached hydrogen (secondary N) is 1. The number of hydrogen-bond donors (Lipinski definition) is 1. The number of tetrazole rings is 1. The first-order valence-electron chi connectivity index (χ1n) is 8.35. The first-order chi connectivity index (χ1) is 11.0. The number of hydrogen-bond acceptors (Lipinski definition) is 4. The van der Waals surface area contributed by atoms with Crippen LogP contribution < -0.4 is 5.32 Å². The van der Waals surface area contributed by atoms with Crippen LogP contribution in [0.5, 0.6) is 0 Å². The SMILES string of the molecule is Cc1c(Cl)cccc1-n1nnnc1C1(NC(C)C)CCCCC1. The molecule has 5 nitrogen and oxygen atoms in total. The Morgan fingerprint density at radius 2 is 1.96 bits per heavy atom. The molecule has 0 atom stereocenters. The van der Waals surface area contributed by atoms with Crippen LogP contribution in [-0.2, 0) is 5.54 Å². The van der Waals surface area contributed by atoms with Crippen molar-refractivity contribution in [3.8, 4) is 5.69 Å². The molecule has 1 N–H and O–H groups in total. The Hall–Kier alpha value is -1.46. The van der Waals surface area contributed by atoms with E-state index in [4.69, 9.17) is 11.6 Å². The van der Waals surface area contributed by atoms with Gasteiger partial charge in [-0.3, -0.25) is 0 Å². The van der Waals surface area contributed by atoms with Gasteiger partial charge < -0.3 is 5.32 Å². The molecule has 0 bridgehead atoms. The Morgan fingerprint density at radius 1 is 1.22 bits per heavy atom. The van der Waals surface area contributed by atoms with Crippen LogP contribution >= 0.6 is 11.6 Å². The van der Waals surface area contributed by atoms with Crippen molar-refractivity contribution < 1.29 is 0 Å². The molecule has 1 fully saturated rings. The van der Waals surface area contributed by atoms with Gasteiger partial charge in [-0.25, -0.2) is 0 Å². The van der Waals surface area contributed by atoms with E-state index in [1.54, 1.807) is 0 Å². The highest BCUT2D eigenvalue weighted by Gasteiger charge is 2.39. The molecule has 1 aromatic carbocycles. The van der Waals surface area contributed by atoms with Gasteiger partial charge in [0.25, 0.3) is 0 Å². The third-order valence-corrected chi connectivity index (χ3v) is 5.05. The molecular weight excluding hydrogens is 310 g/mol. The summed E-state index contributed by atoms with van der Waals surface area (Å²) in [6.45, 7) is 6.36. The van der Waals surface area contributed by atoms with Crippen molar-refractivity contribution in [2.24, 2.45) is 0 Å². The zero-order valence-corrected chi connectivity index (χ0v) is 14.8. The van der Waals surface area contributed by atoms with E-state index < -0.39 is 0 Å². The molecule has 1 aromatic heterocycles. The molecule has 0 spiro atoms. The molecule has 0 amide bonds. The van der Waals surface area contributed by atoms with Gasteiger partial charge in [-0.1, -0.05) is 36.9 Å². The van der Waals surface area contributed by atoms with Gasteiger partial charge >= 0.3 is 0 Å². The van der Waals surface area contributed by atoms with Crippen LogP contribution in [0.15, 0.2) is 18.2 Å². The summed E-state index contributed by atoms with van der Waals surface area (Å²) in [5.74, 6) is 0.899. The summed E-state index contributed by atoms with van der Waals surface area (Å²) in [5.41, 5.74) is 1.79. The number of aromatic nitrogens is 4. The largest absolute Gasteiger partial charge is 0.302 e. The van der Waals surface area contributed by atoms with Crippen molar-refractivity contribution in [3.05, 3.63) is 34.6 Å². The second kappa shape index (κ2) is 6.57. The number of nitrogens with zero attached hydrogens (tertiary/aromatic N) is 4. The summed E-state index contributed by atoms with van der Waals surface area (Å²) >= 11 is 6.29. The smallest absolute Gasteiger partial charge is 0.176 e. The normalized spacial score (nSPS) is 17.6. The van der Waals surface area contributed by atoms with E-state index in [1.807, 2.05) is 29.8 Å². The average molecular weight is 334 g/mol. The van der Waals surface area contributed by atoms with Crippen LogP contribution in [0, 0.1) is 6.92 Å². The van der Waals surface area contributed by atoms with Crippen LogP contribution in [0.1, 0.15) is 57.3 Å². The molecule has 3 rings (SSSR count). The number of halogens is 1. The molecule has 2 aromatic rings. The molecule has 0 saturated heterocycles. The number of benzene rings is 1. The summed E-state index contributed by atoms with van der Waals surface area (Å²) in [5, 5.41) is 17.1. The fourth-order valence-corrected chi connectivity index (χ4v) is 3.78. The zero-order chi connectivity index (χ0) is 16.4. The second-order valence-electron chi connectivity index (χ2n) is 6.74. The first-order valence-corrected chi connectivity index (χ1v) is 8.73. The lowest BCUT2D eigenvalue weighted by atomic mass is 9.80. The van der Waals surface area contributed by atoms with Gasteiger partial charge in [0, 0.05) is 11.1 Å². The van der Waals surface area contributed by atoms with Crippen molar-refractivity contribution in [3.63, 3.8) is 0 Å². The fraction of sp³-hybridized carbons (Fsp3) is 0.588. The third-order valence-electron chi connectivity index (χ3n) is 4.64. The van der Waals surface area contributed by atoms with E-state index in [0.717, 1.165) is 34.9 Å².